The van der Waals surface area contributed by atoms with Crippen molar-refractivity contribution in [3.63, 3.8) is 0 Å². The Hall–Kier alpha value is -1.76. The maximum Gasteiger partial charge on any atom is 0.185 e. The number of aromatic nitrogens is 3. The summed E-state index contributed by atoms with van der Waals surface area (Å²) in [5.41, 5.74) is 0. The molecule has 0 saturated carbocycles. The molecule has 106 valence electrons. The molecule has 0 atom stereocenters. The molecule has 1 aromatic carbocycles. The zero-order valence-electron chi connectivity index (χ0n) is 10.8. The van der Waals surface area contributed by atoms with E-state index in [-0.39, 0.29) is 10.6 Å². The molecule has 5 nitrogen and oxygen atoms in total. The number of nitrogens with zero attached hydrogens (tertiary/aromatic N) is 3. The molecule has 20 heavy (non-hydrogen) atoms. The van der Waals surface area contributed by atoms with Gasteiger partial charge in [0.15, 0.2) is 9.84 Å². The molecule has 7 heteroatoms. The molecule has 0 amide bonds. The van der Waals surface area contributed by atoms with Crippen molar-refractivity contribution in [2.75, 3.05) is 0 Å². The van der Waals surface area contributed by atoms with Crippen LogP contribution in [0, 0.1) is 5.82 Å². The van der Waals surface area contributed by atoms with Crippen molar-refractivity contribution in [1.82, 2.24) is 14.8 Å². The van der Waals surface area contributed by atoms with Crippen LogP contribution in [-0.2, 0) is 28.6 Å². The molecule has 2 heterocycles. The minimum Gasteiger partial charge on any atom is -0.314 e. The smallest absolute Gasteiger partial charge is 0.185 e. The zero-order chi connectivity index (χ0) is 14.2. The number of hydrogen-bond donors (Lipinski definition) is 0. The maximum absolute atomic E-state index is 13.2. The van der Waals surface area contributed by atoms with E-state index in [2.05, 4.69) is 10.2 Å². The van der Waals surface area contributed by atoms with E-state index in [0.717, 1.165) is 37.7 Å². The average molecular weight is 295 g/mol. The first kappa shape index (κ1) is 13.2. The van der Waals surface area contributed by atoms with E-state index in [1.165, 1.54) is 18.2 Å². The standard InChI is InChI=1S/C13H14FN3O2S/c14-10-4-3-5-11(8-10)20(18,19)9-13-16-15-12-6-1-2-7-17(12)13/h3-5,8H,1-2,6-7,9H2. The number of benzene rings is 1. The molecule has 3 rings (SSSR count). The van der Waals surface area contributed by atoms with Gasteiger partial charge in [-0.1, -0.05) is 6.07 Å². The SMILES string of the molecule is O=S(=O)(Cc1nnc2n1CCCC2)c1cccc(F)c1. The van der Waals surface area contributed by atoms with Crippen LogP contribution in [0.5, 0.6) is 0 Å². The number of fused-ring (bicyclic) bond motifs is 1. The highest BCUT2D eigenvalue weighted by Gasteiger charge is 2.22. The van der Waals surface area contributed by atoms with E-state index < -0.39 is 15.7 Å². The first-order valence-electron chi connectivity index (χ1n) is 6.45. The van der Waals surface area contributed by atoms with Crippen LogP contribution >= 0.6 is 0 Å². The molecular weight excluding hydrogens is 281 g/mol. The molecule has 1 aliphatic heterocycles. The molecule has 0 bridgehead atoms. The summed E-state index contributed by atoms with van der Waals surface area (Å²) < 4.78 is 39.6. The van der Waals surface area contributed by atoms with Crippen molar-refractivity contribution < 1.29 is 12.8 Å². The molecule has 0 aliphatic carbocycles. The lowest BCUT2D eigenvalue weighted by atomic mass is 10.2. The van der Waals surface area contributed by atoms with Gasteiger partial charge in [0.1, 0.15) is 23.2 Å². The Bertz CT molecular complexity index is 740. The molecule has 0 saturated heterocycles. The second kappa shape index (κ2) is 4.97. The highest BCUT2D eigenvalue weighted by atomic mass is 32.2. The molecule has 1 aliphatic rings. The van der Waals surface area contributed by atoms with Gasteiger partial charge in [0, 0.05) is 13.0 Å². The minimum atomic E-state index is -3.60. The van der Waals surface area contributed by atoms with E-state index >= 15 is 0 Å². The van der Waals surface area contributed by atoms with Gasteiger partial charge >= 0.3 is 0 Å². The first-order valence-corrected chi connectivity index (χ1v) is 8.11. The normalized spacial score (nSPS) is 15.1. The molecule has 0 radical (unpaired) electrons. The van der Waals surface area contributed by atoms with Crippen molar-refractivity contribution in [3.8, 4) is 0 Å². The van der Waals surface area contributed by atoms with Gasteiger partial charge in [0.05, 0.1) is 4.90 Å². The molecule has 1 aromatic heterocycles. The van der Waals surface area contributed by atoms with E-state index in [1.807, 2.05) is 4.57 Å². The Morgan fingerprint density at radius 3 is 2.90 bits per heavy atom. The quantitative estimate of drug-likeness (QED) is 0.865. The van der Waals surface area contributed by atoms with E-state index in [0.29, 0.717) is 5.82 Å². The van der Waals surface area contributed by atoms with E-state index in [1.54, 1.807) is 0 Å². The van der Waals surface area contributed by atoms with Crippen LogP contribution in [0.15, 0.2) is 29.2 Å². The van der Waals surface area contributed by atoms with E-state index in [9.17, 15) is 12.8 Å². The molecule has 0 unspecified atom stereocenters. The van der Waals surface area contributed by atoms with Crippen LogP contribution in [-0.4, -0.2) is 23.2 Å². The molecule has 0 N–H and O–H groups in total. The van der Waals surface area contributed by atoms with Crippen molar-refractivity contribution >= 4 is 9.84 Å². The predicted molar refractivity (Wildman–Crippen MR) is 70.2 cm³/mol. The number of aryl methyl sites for hydroxylation is 1. The van der Waals surface area contributed by atoms with Crippen LogP contribution in [0.4, 0.5) is 4.39 Å². The third-order valence-electron chi connectivity index (χ3n) is 3.41. The van der Waals surface area contributed by atoms with Gasteiger partial charge in [0.25, 0.3) is 0 Å². The van der Waals surface area contributed by atoms with Crippen LogP contribution < -0.4 is 0 Å². The Labute approximate surface area is 116 Å². The van der Waals surface area contributed by atoms with Crippen LogP contribution in [0.25, 0.3) is 0 Å². The summed E-state index contributed by atoms with van der Waals surface area (Å²) in [5, 5.41) is 8.00. The van der Waals surface area contributed by atoms with Gasteiger partial charge < -0.3 is 4.57 Å². The summed E-state index contributed by atoms with van der Waals surface area (Å²) in [6.45, 7) is 0.746. The van der Waals surface area contributed by atoms with Gasteiger partial charge in [-0.3, -0.25) is 0 Å². The Kier molecular flexibility index (Phi) is 3.29. The van der Waals surface area contributed by atoms with Crippen LogP contribution in [0.3, 0.4) is 0 Å². The monoisotopic (exact) mass is 295 g/mol. The maximum atomic E-state index is 13.2. The summed E-state index contributed by atoms with van der Waals surface area (Å²) in [6, 6.07) is 5.04. The first-order chi connectivity index (χ1) is 9.56. The van der Waals surface area contributed by atoms with Crippen molar-refractivity contribution in [1.29, 1.82) is 0 Å². The second-order valence-corrected chi connectivity index (χ2v) is 6.85. The fourth-order valence-electron chi connectivity index (χ4n) is 2.39. The highest BCUT2D eigenvalue weighted by molar-refractivity contribution is 7.90. The largest absolute Gasteiger partial charge is 0.314 e. The number of sulfone groups is 1. The molecule has 0 spiro atoms. The number of halogens is 1. The van der Waals surface area contributed by atoms with Gasteiger partial charge in [-0.15, -0.1) is 10.2 Å². The van der Waals surface area contributed by atoms with E-state index in [4.69, 9.17) is 0 Å². The Morgan fingerprint density at radius 1 is 1.25 bits per heavy atom. The summed E-state index contributed by atoms with van der Waals surface area (Å²) >= 11 is 0. The molecular formula is C13H14FN3O2S. The third kappa shape index (κ3) is 2.45. The summed E-state index contributed by atoms with van der Waals surface area (Å²) in [4.78, 5) is -0.0225. The summed E-state index contributed by atoms with van der Waals surface area (Å²) in [5.74, 6) is 0.461. The zero-order valence-corrected chi connectivity index (χ0v) is 11.6. The average Bonchev–Trinajstić information content (AvgIpc) is 2.82. The fourth-order valence-corrected chi connectivity index (χ4v) is 3.69. The van der Waals surface area contributed by atoms with Crippen molar-refractivity contribution in [2.24, 2.45) is 0 Å². The number of rotatable bonds is 3. The van der Waals surface area contributed by atoms with Gasteiger partial charge in [-0.25, -0.2) is 12.8 Å². The Morgan fingerprint density at radius 2 is 2.10 bits per heavy atom. The number of hydrogen-bond acceptors (Lipinski definition) is 4. The summed E-state index contributed by atoms with van der Waals surface area (Å²) in [7, 11) is -3.60. The van der Waals surface area contributed by atoms with Gasteiger partial charge in [-0.05, 0) is 31.0 Å². The highest BCUT2D eigenvalue weighted by Crippen LogP contribution is 2.20. The van der Waals surface area contributed by atoms with Crippen molar-refractivity contribution in [2.45, 2.75) is 36.5 Å². The van der Waals surface area contributed by atoms with Crippen molar-refractivity contribution in [3.05, 3.63) is 41.7 Å². The second-order valence-electron chi connectivity index (χ2n) is 4.86. The van der Waals surface area contributed by atoms with Gasteiger partial charge in [-0.2, -0.15) is 0 Å². The Balaban J connectivity index is 1.92. The fraction of sp³-hybridized carbons (Fsp3) is 0.385. The third-order valence-corrected chi connectivity index (χ3v) is 5.02. The minimum absolute atomic E-state index is 0.0225. The summed E-state index contributed by atoms with van der Waals surface area (Å²) in [6.07, 6.45) is 2.87. The van der Waals surface area contributed by atoms with Crippen LogP contribution in [0.1, 0.15) is 24.5 Å². The van der Waals surface area contributed by atoms with Crippen LogP contribution in [0.2, 0.25) is 0 Å². The predicted octanol–water partition coefficient (Wildman–Crippen LogP) is 1.73. The lowest BCUT2D eigenvalue weighted by Crippen LogP contribution is -2.16. The molecule has 2 aromatic rings. The lowest BCUT2D eigenvalue weighted by molar-refractivity contribution is 0.510. The van der Waals surface area contributed by atoms with Gasteiger partial charge in [0.2, 0.25) is 0 Å². The lowest BCUT2D eigenvalue weighted by Gasteiger charge is -2.14. The topological polar surface area (TPSA) is 64.8 Å². The molecule has 0 fully saturated rings.